The van der Waals surface area contributed by atoms with Crippen molar-refractivity contribution in [2.24, 2.45) is 0 Å². The van der Waals surface area contributed by atoms with Crippen molar-refractivity contribution in [2.45, 2.75) is 27.7 Å². The third kappa shape index (κ3) is 1.57. The second-order valence-corrected chi connectivity index (χ2v) is 5.28. The minimum Gasteiger partial charge on any atom is -0.289 e. The van der Waals surface area contributed by atoms with Crippen LogP contribution in [0.5, 0.6) is 0 Å². The number of nitrogens with zero attached hydrogens (tertiary/aromatic N) is 1. The summed E-state index contributed by atoms with van der Waals surface area (Å²) in [6.45, 7) is 14.7. The van der Waals surface area contributed by atoms with Crippen molar-refractivity contribution in [3.05, 3.63) is 49.6 Å². The fourth-order valence-corrected chi connectivity index (χ4v) is 3.29. The fourth-order valence-electron chi connectivity index (χ4n) is 2.14. The number of hydrogen-bond acceptors (Lipinski definition) is 2. The summed E-state index contributed by atoms with van der Waals surface area (Å²) in [6, 6.07) is 0. The molecule has 0 amide bonds. The highest BCUT2D eigenvalue weighted by Gasteiger charge is 2.34. The number of thiophene rings is 1. The molecule has 0 fully saturated rings. The Bertz CT molecular complexity index is 619. The highest BCUT2D eigenvalue weighted by molar-refractivity contribution is 7.12. The van der Waals surface area contributed by atoms with Crippen molar-refractivity contribution in [2.75, 3.05) is 0 Å². The Morgan fingerprint density at radius 3 is 2.47 bits per heavy atom. The van der Waals surface area contributed by atoms with Gasteiger partial charge >= 0.3 is 0 Å². The lowest BCUT2D eigenvalue weighted by atomic mass is 10.0. The fraction of sp³-hybridized carbons (Fsp3) is 0.286. The van der Waals surface area contributed by atoms with Gasteiger partial charge in [-0.05, 0) is 38.6 Å². The van der Waals surface area contributed by atoms with E-state index in [0.717, 1.165) is 32.7 Å². The summed E-state index contributed by atoms with van der Waals surface area (Å²) in [5.74, 6) is 0.0803. The lowest BCUT2D eigenvalue weighted by Gasteiger charge is -2.04. The van der Waals surface area contributed by atoms with E-state index in [0.29, 0.717) is 5.70 Å². The molecule has 1 aromatic heterocycles. The maximum Gasteiger partial charge on any atom is 0.194 e. The van der Waals surface area contributed by atoms with Crippen LogP contribution in [-0.2, 0) is 0 Å². The molecule has 2 rings (SSSR count). The summed E-state index contributed by atoms with van der Waals surface area (Å²) in [5.41, 5.74) is 4.97. The summed E-state index contributed by atoms with van der Waals surface area (Å²) in [6.07, 6.45) is 0. The van der Waals surface area contributed by atoms with Crippen molar-refractivity contribution in [1.29, 1.82) is 0 Å². The number of Topliss-reactive ketones (excluding diaryl/α,β-unsaturated/α-hetero) is 1. The molecule has 3 heteroatoms. The maximum absolute atomic E-state index is 12.4. The Kier molecular flexibility index (Phi) is 2.76. The Morgan fingerprint density at radius 2 is 1.94 bits per heavy atom. The summed E-state index contributed by atoms with van der Waals surface area (Å²) >= 11 is 1.56. The van der Waals surface area contributed by atoms with E-state index in [4.69, 9.17) is 6.57 Å². The molecule has 1 heterocycles. The average molecular weight is 243 g/mol. The molecule has 2 nitrogen and oxygen atoms in total. The van der Waals surface area contributed by atoms with Crippen molar-refractivity contribution >= 4 is 22.7 Å². The van der Waals surface area contributed by atoms with Crippen molar-refractivity contribution in [3.63, 3.8) is 0 Å². The third-order valence-electron chi connectivity index (χ3n) is 2.94. The van der Waals surface area contributed by atoms with Crippen molar-refractivity contribution in [1.82, 2.24) is 0 Å². The summed E-state index contributed by atoms with van der Waals surface area (Å²) < 4.78 is 0. The number of ketones is 1. The molecule has 1 aliphatic rings. The van der Waals surface area contributed by atoms with Crippen molar-refractivity contribution < 1.29 is 4.79 Å². The van der Waals surface area contributed by atoms with Crippen LogP contribution in [0, 0.1) is 13.5 Å². The molecule has 0 unspecified atom stereocenters. The summed E-state index contributed by atoms with van der Waals surface area (Å²) in [5, 5.41) is 1.99. The van der Waals surface area contributed by atoms with Crippen molar-refractivity contribution in [3.8, 4) is 0 Å². The van der Waals surface area contributed by atoms with Gasteiger partial charge in [0.05, 0.1) is 6.57 Å². The van der Waals surface area contributed by atoms with Gasteiger partial charge in [0.1, 0.15) is 0 Å². The first-order valence-corrected chi connectivity index (χ1v) is 6.26. The first-order chi connectivity index (χ1) is 7.99. The van der Waals surface area contributed by atoms with E-state index in [-0.39, 0.29) is 5.78 Å². The highest BCUT2D eigenvalue weighted by Crippen LogP contribution is 2.45. The molecule has 0 atom stereocenters. The second kappa shape index (κ2) is 3.97. The first-order valence-electron chi connectivity index (χ1n) is 5.38. The molecule has 0 radical (unpaired) electrons. The van der Waals surface area contributed by atoms with Crippen LogP contribution in [0.3, 0.4) is 0 Å². The number of aryl methyl sites for hydroxylation is 1. The lowest BCUT2D eigenvalue weighted by molar-refractivity contribution is 0.104. The van der Waals surface area contributed by atoms with E-state index in [1.165, 1.54) is 0 Å². The molecule has 17 heavy (non-hydrogen) atoms. The molecule has 0 N–H and O–H groups in total. The molecular formula is C14H13NOS. The molecule has 0 saturated carbocycles. The number of carbonyl (C=O) groups is 1. The van der Waals surface area contributed by atoms with Crippen LogP contribution >= 0.6 is 11.3 Å². The standard InChI is InChI=1S/C14H13NOS/c1-7(2)10-12(9(4)15-5)14-11(13(10)16)8(3)6-17-14/h6H,1-4H3/b12-9-. The predicted octanol–water partition coefficient (Wildman–Crippen LogP) is 4.24. The molecule has 0 aliphatic heterocycles. The van der Waals surface area contributed by atoms with Gasteiger partial charge in [-0.2, -0.15) is 0 Å². The Hall–Kier alpha value is -1.66. The molecule has 0 saturated heterocycles. The van der Waals surface area contributed by atoms with Gasteiger partial charge in [-0.15, -0.1) is 11.3 Å². The van der Waals surface area contributed by atoms with Crippen LogP contribution in [0.1, 0.15) is 41.6 Å². The van der Waals surface area contributed by atoms with Gasteiger partial charge in [0.25, 0.3) is 0 Å². The van der Waals surface area contributed by atoms with E-state index >= 15 is 0 Å². The van der Waals surface area contributed by atoms with Crippen LogP contribution in [0.25, 0.3) is 10.4 Å². The van der Waals surface area contributed by atoms with E-state index in [9.17, 15) is 4.79 Å². The van der Waals surface area contributed by atoms with Gasteiger partial charge in [-0.1, -0.05) is 5.57 Å². The number of hydrogen-bond donors (Lipinski definition) is 0. The topological polar surface area (TPSA) is 21.4 Å². The van der Waals surface area contributed by atoms with E-state index in [2.05, 4.69) is 4.85 Å². The van der Waals surface area contributed by atoms with E-state index in [1.54, 1.807) is 18.3 Å². The number of allylic oxidation sites excluding steroid dienone is 4. The SMILES string of the molecule is [C-]#[N+]/C(C)=C1/C(=C(C)C)C(=O)c2c(C)csc21. The van der Waals surface area contributed by atoms with Gasteiger partial charge in [0.2, 0.25) is 0 Å². The second-order valence-electron chi connectivity index (χ2n) is 4.40. The molecule has 1 aliphatic carbocycles. The first kappa shape index (κ1) is 11.8. The molecular weight excluding hydrogens is 230 g/mol. The molecule has 1 aromatic rings. The summed E-state index contributed by atoms with van der Waals surface area (Å²) in [4.78, 5) is 16.8. The minimum absolute atomic E-state index is 0.0803. The van der Waals surface area contributed by atoms with Crippen LogP contribution in [-0.4, -0.2) is 5.78 Å². The molecule has 86 valence electrons. The smallest absolute Gasteiger partial charge is 0.194 e. The van der Waals surface area contributed by atoms with E-state index < -0.39 is 0 Å². The summed E-state index contributed by atoms with van der Waals surface area (Å²) in [7, 11) is 0. The zero-order chi connectivity index (χ0) is 12.7. The predicted molar refractivity (Wildman–Crippen MR) is 71.0 cm³/mol. The lowest BCUT2D eigenvalue weighted by Crippen LogP contribution is -1.99. The molecule has 0 aromatic carbocycles. The minimum atomic E-state index is 0.0803. The number of carbonyl (C=O) groups excluding carboxylic acids is 1. The van der Waals surface area contributed by atoms with Gasteiger partial charge in [-0.25, -0.2) is 4.85 Å². The third-order valence-corrected chi connectivity index (χ3v) is 4.05. The van der Waals surface area contributed by atoms with Gasteiger partial charge in [0.15, 0.2) is 11.5 Å². The monoisotopic (exact) mass is 243 g/mol. The quantitative estimate of drug-likeness (QED) is 0.493. The zero-order valence-electron chi connectivity index (χ0n) is 10.3. The van der Waals surface area contributed by atoms with Crippen LogP contribution in [0.15, 0.2) is 22.2 Å². The van der Waals surface area contributed by atoms with Gasteiger partial charge < -0.3 is 0 Å². The van der Waals surface area contributed by atoms with Crippen LogP contribution < -0.4 is 0 Å². The van der Waals surface area contributed by atoms with Gasteiger partial charge in [-0.3, -0.25) is 4.79 Å². The normalized spacial score (nSPS) is 16.9. The average Bonchev–Trinajstić information content (AvgIpc) is 2.78. The maximum atomic E-state index is 12.4. The molecule has 0 bridgehead atoms. The number of fused-ring (bicyclic) bond motifs is 1. The van der Waals surface area contributed by atoms with E-state index in [1.807, 2.05) is 26.2 Å². The largest absolute Gasteiger partial charge is 0.289 e. The molecule has 0 spiro atoms. The zero-order valence-corrected chi connectivity index (χ0v) is 11.2. The van der Waals surface area contributed by atoms with Crippen LogP contribution in [0.4, 0.5) is 0 Å². The Labute approximate surface area is 105 Å². The Balaban J connectivity index is 2.87. The number of rotatable bonds is 0. The highest BCUT2D eigenvalue weighted by atomic mass is 32.1. The Morgan fingerprint density at radius 1 is 1.29 bits per heavy atom. The van der Waals surface area contributed by atoms with Gasteiger partial charge in [0, 0.05) is 21.6 Å². The van der Waals surface area contributed by atoms with Crippen LogP contribution in [0.2, 0.25) is 0 Å².